The highest BCUT2D eigenvalue weighted by molar-refractivity contribution is 6.46. The molecule has 156 valence electrons. The molecule has 0 aromatic heterocycles. The van der Waals surface area contributed by atoms with Crippen molar-refractivity contribution in [1.82, 2.24) is 0 Å². The van der Waals surface area contributed by atoms with Gasteiger partial charge < -0.3 is 10.1 Å². The van der Waals surface area contributed by atoms with Crippen LogP contribution in [-0.4, -0.2) is 18.9 Å². The highest BCUT2D eigenvalue weighted by atomic mass is 19.2. The van der Waals surface area contributed by atoms with Gasteiger partial charge in [0.25, 0.3) is 11.8 Å². The van der Waals surface area contributed by atoms with E-state index in [0.29, 0.717) is 17.0 Å². The van der Waals surface area contributed by atoms with Crippen molar-refractivity contribution in [1.29, 1.82) is 0 Å². The molecule has 0 radical (unpaired) electrons. The van der Waals surface area contributed by atoms with Gasteiger partial charge in [-0.15, -0.1) is 0 Å². The van der Waals surface area contributed by atoms with Crippen molar-refractivity contribution >= 4 is 28.8 Å². The van der Waals surface area contributed by atoms with Crippen molar-refractivity contribution in [3.63, 3.8) is 0 Å². The molecule has 1 heterocycles. The van der Waals surface area contributed by atoms with Gasteiger partial charge in [-0.1, -0.05) is 29.8 Å². The lowest BCUT2D eigenvalue weighted by molar-refractivity contribution is -0.120. The molecule has 2 amide bonds. The first-order chi connectivity index (χ1) is 14.9. The molecule has 0 saturated carbocycles. The van der Waals surface area contributed by atoms with Gasteiger partial charge in [0.1, 0.15) is 11.4 Å². The maximum atomic E-state index is 13.8. The fourth-order valence-corrected chi connectivity index (χ4v) is 3.31. The number of aryl methyl sites for hydroxylation is 1. The van der Waals surface area contributed by atoms with Gasteiger partial charge in [0.05, 0.1) is 18.4 Å². The van der Waals surface area contributed by atoms with Crippen LogP contribution >= 0.6 is 0 Å². The van der Waals surface area contributed by atoms with Crippen LogP contribution in [0.5, 0.6) is 5.75 Å². The first kappa shape index (κ1) is 20.3. The topological polar surface area (TPSA) is 58.6 Å². The lowest BCUT2D eigenvalue weighted by Gasteiger charge is -2.15. The van der Waals surface area contributed by atoms with E-state index in [1.807, 2.05) is 19.1 Å². The predicted molar refractivity (Wildman–Crippen MR) is 114 cm³/mol. The van der Waals surface area contributed by atoms with Gasteiger partial charge in [0.15, 0.2) is 11.6 Å². The normalized spacial score (nSPS) is 13.7. The number of rotatable bonds is 5. The van der Waals surface area contributed by atoms with Crippen LogP contribution in [0.2, 0.25) is 0 Å². The Hall–Kier alpha value is -4.00. The third-order valence-electron chi connectivity index (χ3n) is 4.94. The number of benzene rings is 3. The van der Waals surface area contributed by atoms with Gasteiger partial charge in [-0.05, 0) is 48.9 Å². The summed E-state index contributed by atoms with van der Waals surface area (Å²) in [5.41, 5.74) is 2.22. The number of imide groups is 1. The van der Waals surface area contributed by atoms with E-state index >= 15 is 0 Å². The highest BCUT2D eigenvalue weighted by Crippen LogP contribution is 2.34. The van der Waals surface area contributed by atoms with E-state index in [-0.39, 0.29) is 17.0 Å². The van der Waals surface area contributed by atoms with Crippen LogP contribution in [0.4, 0.5) is 20.2 Å². The lowest BCUT2D eigenvalue weighted by atomic mass is 10.0. The number of hydrogen-bond donors (Lipinski definition) is 1. The number of carbonyl (C=O) groups excluding carboxylic acids is 2. The minimum absolute atomic E-state index is 0.0451. The van der Waals surface area contributed by atoms with Crippen molar-refractivity contribution in [2.75, 3.05) is 17.3 Å². The smallest absolute Gasteiger partial charge is 0.282 e. The number of nitrogens with zero attached hydrogens (tertiary/aromatic N) is 1. The third-order valence-corrected chi connectivity index (χ3v) is 4.94. The van der Waals surface area contributed by atoms with Crippen molar-refractivity contribution in [3.8, 4) is 5.75 Å². The predicted octanol–water partition coefficient (Wildman–Crippen LogP) is 4.68. The van der Waals surface area contributed by atoms with Crippen LogP contribution in [0.25, 0.3) is 5.57 Å². The number of methoxy groups -OCH3 is 1. The molecule has 1 N–H and O–H groups in total. The standard InChI is InChI=1S/C24H18F2N2O3/c1-14-3-5-15(6-4-14)21-22(27-16-7-10-18(31-2)11-8-16)24(30)28(23(21)29)17-9-12-19(25)20(26)13-17/h3-13,27H,1-2H3. The minimum Gasteiger partial charge on any atom is -0.497 e. The summed E-state index contributed by atoms with van der Waals surface area (Å²) in [6.45, 7) is 1.91. The monoisotopic (exact) mass is 420 g/mol. The first-order valence-electron chi connectivity index (χ1n) is 9.45. The van der Waals surface area contributed by atoms with E-state index in [2.05, 4.69) is 5.32 Å². The van der Waals surface area contributed by atoms with Gasteiger partial charge >= 0.3 is 0 Å². The van der Waals surface area contributed by atoms with Crippen LogP contribution in [0, 0.1) is 18.6 Å². The molecule has 0 unspecified atom stereocenters. The average molecular weight is 420 g/mol. The average Bonchev–Trinajstić information content (AvgIpc) is 3.01. The van der Waals surface area contributed by atoms with Crippen molar-refractivity contribution in [3.05, 3.63) is 95.2 Å². The number of nitrogens with one attached hydrogen (secondary N) is 1. The van der Waals surface area contributed by atoms with Gasteiger partial charge in [0.2, 0.25) is 0 Å². The zero-order valence-corrected chi connectivity index (χ0v) is 16.8. The summed E-state index contributed by atoms with van der Waals surface area (Å²) in [6, 6.07) is 16.9. The minimum atomic E-state index is -1.15. The molecule has 0 saturated heterocycles. The van der Waals surface area contributed by atoms with Crippen molar-refractivity contribution in [2.45, 2.75) is 6.92 Å². The number of ether oxygens (including phenoxy) is 1. The second kappa shape index (κ2) is 8.02. The maximum absolute atomic E-state index is 13.8. The summed E-state index contributed by atoms with van der Waals surface area (Å²) >= 11 is 0. The van der Waals surface area contributed by atoms with E-state index in [0.717, 1.165) is 22.6 Å². The van der Waals surface area contributed by atoms with E-state index < -0.39 is 23.4 Å². The molecule has 0 spiro atoms. The Morgan fingerprint density at radius 2 is 1.52 bits per heavy atom. The molecule has 5 nitrogen and oxygen atoms in total. The molecule has 7 heteroatoms. The van der Waals surface area contributed by atoms with Crippen LogP contribution in [0.15, 0.2) is 72.4 Å². The van der Waals surface area contributed by atoms with Crippen LogP contribution in [0.1, 0.15) is 11.1 Å². The van der Waals surface area contributed by atoms with Gasteiger partial charge in [-0.25, -0.2) is 13.7 Å². The summed E-state index contributed by atoms with van der Waals surface area (Å²) in [5, 5.41) is 3.01. The van der Waals surface area contributed by atoms with Crippen LogP contribution < -0.4 is 15.0 Å². The molecule has 0 fully saturated rings. The Kier molecular flexibility index (Phi) is 5.25. The molecule has 0 bridgehead atoms. The number of halogens is 2. The third kappa shape index (κ3) is 3.77. The maximum Gasteiger partial charge on any atom is 0.282 e. The number of amides is 2. The zero-order chi connectivity index (χ0) is 22.1. The van der Waals surface area contributed by atoms with Crippen molar-refractivity contribution in [2.24, 2.45) is 0 Å². The molecule has 3 aromatic rings. The van der Waals surface area contributed by atoms with E-state index in [9.17, 15) is 18.4 Å². The summed E-state index contributed by atoms with van der Waals surface area (Å²) in [6.07, 6.45) is 0. The van der Waals surface area contributed by atoms with Crippen molar-refractivity contribution < 1.29 is 23.1 Å². The quantitative estimate of drug-likeness (QED) is 0.609. The summed E-state index contributed by atoms with van der Waals surface area (Å²) < 4.78 is 32.3. The number of hydrogen-bond acceptors (Lipinski definition) is 4. The number of anilines is 2. The van der Waals surface area contributed by atoms with E-state index in [4.69, 9.17) is 4.74 Å². The molecular weight excluding hydrogens is 402 g/mol. The van der Waals surface area contributed by atoms with Gasteiger partial charge in [-0.3, -0.25) is 9.59 Å². The zero-order valence-electron chi connectivity index (χ0n) is 16.8. The second-order valence-electron chi connectivity index (χ2n) is 7.01. The van der Waals surface area contributed by atoms with Gasteiger partial charge in [0, 0.05) is 11.8 Å². The molecule has 31 heavy (non-hydrogen) atoms. The molecule has 0 aliphatic carbocycles. The Labute approximate surface area is 177 Å². The SMILES string of the molecule is COc1ccc(NC2=C(c3ccc(C)cc3)C(=O)N(c3ccc(F)c(F)c3)C2=O)cc1. The molecule has 0 atom stereocenters. The summed E-state index contributed by atoms with van der Waals surface area (Å²) in [4.78, 5) is 27.3. The molecule has 3 aromatic carbocycles. The molecular formula is C24H18F2N2O3. The molecule has 1 aliphatic rings. The largest absolute Gasteiger partial charge is 0.497 e. The first-order valence-corrected chi connectivity index (χ1v) is 9.45. The van der Waals surface area contributed by atoms with E-state index in [1.54, 1.807) is 43.5 Å². The number of carbonyl (C=O) groups is 2. The fraction of sp³-hybridized carbons (Fsp3) is 0.0833. The summed E-state index contributed by atoms with van der Waals surface area (Å²) in [5.74, 6) is -2.87. The Morgan fingerprint density at radius 1 is 0.839 bits per heavy atom. The molecule has 1 aliphatic heterocycles. The Bertz CT molecular complexity index is 1200. The summed E-state index contributed by atoms with van der Waals surface area (Å²) in [7, 11) is 1.54. The fourth-order valence-electron chi connectivity index (χ4n) is 3.31. The van der Waals surface area contributed by atoms with Crippen LogP contribution in [0.3, 0.4) is 0 Å². The van der Waals surface area contributed by atoms with E-state index in [1.165, 1.54) is 6.07 Å². The Morgan fingerprint density at radius 3 is 2.13 bits per heavy atom. The van der Waals surface area contributed by atoms with Crippen LogP contribution in [-0.2, 0) is 9.59 Å². The highest BCUT2D eigenvalue weighted by Gasteiger charge is 2.40. The van der Waals surface area contributed by atoms with Gasteiger partial charge in [-0.2, -0.15) is 0 Å². The Balaban J connectivity index is 1.80. The molecule has 4 rings (SSSR count). The second-order valence-corrected chi connectivity index (χ2v) is 7.01. The lowest BCUT2D eigenvalue weighted by Crippen LogP contribution is -2.32.